The van der Waals surface area contributed by atoms with Gasteiger partial charge >= 0.3 is 6.03 Å². The van der Waals surface area contributed by atoms with Gasteiger partial charge < -0.3 is 15.2 Å². The highest BCUT2D eigenvalue weighted by atomic mass is 16.2. The van der Waals surface area contributed by atoms with Gasteiger partial charge in [0.1, 0.15) is 0 Å². The van der Waals surface area contributed by atoms with Gasteiger partial charge in [0.2, 0.25) is 0 Å². The molecule has 0 radical (unpaired) electrons. The van der Waals surface area contributed by atoms with Crippen LogP contribution in [0.1, 0.15) is 37.4 Å². The Morgan fingerprint density at radius 1 is 1.36 bits per heavy atom. The van der Waals surface area contributed by atoms with Crippen molar-refractivity contribution >= 4 is 16.9 Å². The number of H-pyrrole nitrogens is 1. The number of urea groups is 1. The zero-order valence-corrected chi connectivity index (χ0v) is 13.5. The van der Waals surface area contributed by atoms with Crippen molar-refractivity contribution in [3.63, 3.8) is 0 Å². The molecule has 4 nitrogen and oxygen atoms in total. The number of piperidine rings is 1. The quantitative estimate of drug-likeness (QED) is 0.893. The number of carbonyl (C=O) groups excluding carboxylic acids is 1. The lowest BCUT2D eigenvalue weighted by atomic mass is 10.0. The van der Waals surface area contributed by atoms with Crippen LogP contribution in [0.15, 0.2) is 24.3 Å². The van der Waals surface area contributed by atoms with Gasteiger partial charge in [-0.05, 0) is 51.2 Å². The minimum atomic E-state index is 0.0877. The van der Waals surface area contributed by atoms with Crippen LogP contribution in [-0.2, 0) is 6.42 Å². The Bertz CT molecular complexity index is 661. The smallest absolute Gasteiger partial charge is 0.317 e. The summed E-state index contributed by atoms with van der Waals surface area (Å²) in [5.41, 5.74) is 3.68. The van der Waals surface area contributed by atoms with Gasteiger partial charge in [-0.15, -0.1) is 0 Å². The van der Waals surface area contributed by atoms with Gasteiger partial charge in [0.05, 0.1) is 0 Å². The van der Waals surface area contributed by atoms with E-state index in [1.165, 1.54) is 28.6 Å². The van der Waals surface area contributed by atoms with Crippen LogP contribution in [0.4, 0.5) is 4.79 Å². The molecule has 1 fully saturated rings. The van der Waals surface area contributed by atoms with E-state index in [4.69, 9.17) is 0 Å². The van der Waals surface area contributed by atoms with Gasteiger partial charge in [-0.3, -0.25) is 0 Å². The lowest BCUT2D eigenvalue weighted by molar-refractivity contribution is 0.158. The largest absolute Gasteiger partial charge is 0.358 e. The molecule has 0 spiro atoms. The number of hydrogen-bond donors (Lipinski definition) is 2. The highest BCUT2D eigenvalue weighted by Crippen LogP contribution is 2.22. The van der Waals surface area contributed by atoms with Crippen LogP contribution >= 0.6 is 0 Å². The maximum absolute atomic E-state index is 12.3. The number of carbonyl (C=O) groups is 1. The molecular formula is C18H25N3O. The Morgan fingerprint density at radius 3 is 3.00 bits per heavy atom. The molecule has 1 unspecified atom stereocenters. The van der Waals surface area contributed by atoms with Crippen molar-refractivity contribution in [1.29, 1.82) is 0 Å². The highest BCUT2D eigenvalue weighted by Gasteiger charge is 2.22. The third kappa shape index (κ3) is 2.96. The number of nitrogens with one attached hydrogen (secondary N) is 2. The molecule has 2 N–H and O–H groups in total. The number of nitrogens with zero attached hydrogens (tertiary/aromatic N) is 1. The maximum atomic E-state index is 12.3. The molecule has 2 heterocycles. The number of benzene rings is 1. The van der Waals surface area contributed by atoms with Crippen LogP contribution < -0.4 is 5.32 Å². The second-order valence-corrected chi connectivity index (χ2v) is 6.29. The first-order valence-corrected chi connectivity index (χ1v) is 8.27. The number of fused-ring (bicyclic) bond motifs is 1. The van der Waals surface area contributed by atoms with E-state index in [0.717, 1.165) is 25.8 Å². The summed E-state index contributed by atoms with van der Waals surface area (Å²) in [6.45, 7) is 5.82. The molecule has 22 heavy (non-hydrogen) atoms. The van der Waals surface area contributed by atoms with Gasteiger partial charge in [-0.2, -0.15) is 0 Å². The van der Waals surface area contributed by atoms with E-state index in [-0.39, 0.29) is 6.03 Å². The standard InChI is InChI=1S/C18H25N3O/c1-13-7-5-6-12-21(13)18(22)19-11-10-15-14(2)20-17-9-4-3-8-16(15)17/h3-4,8-9,13,20H,5-7,10-12H2,1-2H3,(H,19,22). The zero-order chi connectivity index (χ0) is 15.5. The van der Waals surface area contributed by atoms with Crippen molar-refractivity contribution in [3.05, 3.63) is 35.5 Å². The van der Waals surface area contributed by atoms with Gasteiger partial charge in [-0.1, -0.05) is 18.2 Å². The first-order valence-electron chi connectivity index (χ1n) is 8.27. The molecule has 1 aromatic heterocycles. The predicted molar refractivity (Wildman–Crippen MR) is 90.2 cm³/mol. The van der Waals surface area contributed by atoms with Gasteiger partial charge in [0.25, 0.3) is 0 Å². The molecule has 1 aliphatic rings. The number of likely N-dealkylation sites (tertiary alicyclic amines) is 1. The molecular weight excluding hydrogens is 274 g/mol. The van der Waals surface area contributed by atoms with Gasteiger partial charge in [-0.25, -0.2) is 4.79 Å². The molecule has 1 aliphatic heterocycles. The van der Waals surface area contributed by atoms with E-state index in [1.54, 1.807) is 0 Å². The second kappa shape index (κ2) is 6.42. The van der Waals surface area contributed by atoms with E-state index in [0.29, 0.717) is 12.6 Å². The number of hydrogen-bond acceptors (Lipinski definition) is 1. The molecule has 2 aromatic rings. The molecule has 4 heteroatoms. The summed E-state index contributed by atoms with van der Waals surface area (Å²) < 4.78 is 0. The van der Waals surface area contributed by atoms with Crippen LogP contribution in [0.25, 0.3) is 10.9 Å². The Hall–Kier alpha value is -1.97. The number of para-hydroxylation sites is 1. The summed E-state index contributed by atoms with van der Waals surface area (Å²) in [6, 6.07) is 8.80. The summed E-state index contributed by atoms with van der Waals surface area (Å²) in [5.74, 6) is 0. The Morgan fingerprint density at radius 2 is 2.18 bits per heavy atom. The van der Waals surface area contributed by atoms with E-state index in [1.807, 2.05) is 11.0 Å². The van der Waals surface area contributed by atoms with Crippen molar-refractivity contribution in [2.24, 2.45) is 0 Å². The van der Waals surface area contributed by atoms with E-state index >= 15 is 0 Å². The lowest BCUT2D eigenvalue weighted by Gasteiger charge is -2.33. The van der Waals surface area contributed by atoms with Crippen LogP contribution in [-0.4, -0.2) is 35.0 Å². The fourth-order valence-corrected chi connectivity index (χ4v) is 3.45. The van der Waals surface area contributed by atoms with Crippen molar-refractivity contribution < 1.29 is 4.79 Å². The fraction of sp³-hybridized carbons (Fsp3) is 0.500. The molecule has 118 valence electrons. The third-order valence-corrected chi connectivity index (χ3v) is 4.74. The van der Waals surface area contributed by atoms with E-state index < -0.39 is 0 Å². The molecule has 1 saturated heterocycles. The summed E-state index contributed by atoms with van der Waals surface area (Å²) in [7, 11) is 0. The van der Waals surface area contributed by atoms with E-state index in [2.05, 4.69) is 42.3 Å². The molecule has 2 amide bonds. The summed E-state index contributed by atoms with van der Waals surface area (Å²) in [5, 5.41) is 4.35. The van der Waals surface area contributed by atoms with E-state index in [9.17, 15) is 4.79 Å². The minimum Gasteiger partial charge on any atom is -0.358 e. The van der Waals surface area contributed by atoms with Crippen molar-refractivity contribution in [3.8, 4) is 0 Å². The molecule has 3 rings (SSSR count). The number of aromatic nitrogens is 1. The summed E-state index contributed by atoms with van der Waals surface area (Å²) in [4.78, 5) is 17.7. The Balaban J connectivity index is 1.60. The third-order valence-electron chi connectivity index (χ3n) is 4.74. The molecule has 0 saturated carbocycles. The summed E-state index contributed by atoms with van der Waals surface area (Å²) >= 11 is 0. The van der Waals surface area contributed by atoms with Gasteiger partial charge in [0, 0.05) is 35.7 Å². The Kier molecular flexibility index (Phi) is 4.36. The SMILES string of the molecule is Cc1[nH]c2ccccc2c1CCNC(=O)N1CCCCC1C. The molecule has 1 aromatic carbocycles. The average Bonchev–Trinajstić information content (AvgIpc) is 2.83. The predicted octanol–water partition coefficient (Wildman–Crippen LogP) is 3.60. The molecule has 0 aliphatic carbocycles. The lowest BCUT2D eigenvalue weighted by Crippen LogP contribution is -2.47. The van der Waals surface area contributed by atoms with Crippen molar-refractivity contribution in [1.82, 2.24) is 15.2 Å². The van der Waals surface area contributed by atoms with Crippen molar-refractivity contribution in [2.45, 2.75) is 45.6 Å². The van der Waals surface area contributed by atoms with Crippen LogP contribution in [0, 0.1) is 6.92 Å². The maximum Gasteiger partial charge on any atom is 0.317 e. The highest BCUT2D eigenvalue weighted by molar-refractivity contribution is 5.84. The topological polar surface area (TPSA) is 48.1 Å². The number of aryl methyl sites for hydroxylation is 1. The first kappa shape index (κ1) is 14.9. The number of aromatic amines is 1. The fourth-order valence-electron chi connectivity index (χ4n) is 3.45. The average molecular weight is 299 g/mol. The van der Waals surface area contributed by atoms with Gasteiger partial charge in [0.15, 0.2) is 0 Å². The minimum absolute atomic E-state index is 0.0877. The van der Waals surface area contributed by atoms with Crippen LogP contribution in [0.3, 0.4) is 0 Å². The molecule has 1 atom stereocenters. The first-order chi connectivity index (χ1) is 10.7. The van der Waals surface area contributed by atoms with Crippen LogP contribution in [0.5, 0.6) is 0 Å². The summed E-state index contributed by atoms with van der Waals surface area (Å²) in [6.07, 6.45) is 4.34. The molecule has 0 bridgehead atoms. The second-order valence-electron chi connectivity index (χ2n) is 6.29. The van der Waals surface area contributed by atoms with Crippen molar-refractivity contribution in [2.75, 3.05) is 13.1 Å². The number of rotatable bonds is 3. The zero-order valence-electron chi connectivity index (χ0n) is 13.5. The number of amides is 2. The monoisotopic (exact) mass is 299 g/mol. The Labute approximate surface area is 131 Å². The van der Waals surface area contributed by atoms with Crippen LogP contribution in [0.2, 0.25) is 0 Å². The normalized spacial score (nSPS) is 18.6.